The van der Waals surface area contributed by atoms with Crippen LogP contribution in [0.1, 0.15) is 42.0 Å². The van der Waals surface area contributed by atoms with Gasteiger partial charge in [-0.25, -0.2) is 0 Å². The molecule has 0 unspecified atom stereocenters. The van der Waals surface area contributed by atoms with E-state index in [0.717, 1.165) is 17.5 Å². The highest BCUT2D eigenvalue weighted by Gasteiger charge is 2.04. The van der Waals surface area contributed by atoms with E-state index in [1.165, 1.54) is 18.4 Å². The fraction of sp³-hybridized carbons (Fsp3) is 0.300. The Hall–Kier alpha value is -2.60. The van der Waals surface area contributed by atoms with E-state index in [0.29, 0.717) is 18.5 Å². The maximum absolute atomic E-state index is 12.0. The summed E-state index contributed by atoms with van der Waals surface area (Å²) in [6.07, 6.45) is 3.88. The van der Waals surface area contributed by atoms with Crippen molar-refractivity contribution in [1.82, 2.24) is 5.32 Å². The third kappa shape index (κ3) is 5.60. The molecule has 0 saturated heterocycles. The number of benzene rings is 2. The summed E-state index contributed by atoms with van der Waals surface area (Å²) < 4.78 is 0. The Balaban J connectivity index is 1.80. The maximum Gasteiger partial charge on any atom is 0.224 e. The van der Waals surface area contributed by atoms with Crippen molar-refractivity contribution in [3.63, 3.8) is 0 Å². The van der Waals surface area contributed by atoms with Crippen LogP contribution in [0.3, 0.4) is 0 Å². The fourth-order valence-corrected chi connectivity index (χ4v) is 2.35. The van der Waals surface area contributed by atoms with Gasteiger partial charge in [0, 0.05) is 6.54 Å². The Morgan fingerprint density at radius 3 is 2.22 bits per heavy atom. The highest BCUT2D eigenvalue weighted by atomic mass is 16.1. The Bertz CT molecular complexity index is 666. The lowest BCUT2D eigenvalue weighted by Crippen LogP contribution is -2.24. The van der Waals surface area contributed by atoms with Crippen molar-refractivity contribution < 1.29 is 4.79 Å². The SMILES string of the molecule is CCCCc1ccc(CC(=O)NCc2ccc(C#N)cc2)cc1. The number of amides is 1. The molecule has 3 nitrogen and oxygen atoms in total. The normalized spacial score (nSPS) is 10.1. The predicted octanol–water partition coefficient (Wildman–Crippen LogP) is 3.76. The molecule has 2 rings (SSSR count). The molecule has 118 valence electrons. The van der Waals surface area contributed by atoms with Gasteiger partial charge < -0.3 is 5.32 Å². The third-order valence-corrected chi connectivity index (χ3v) is 3.78. The van der Waals surface area contributed by atoms with Gasteiger partial charge in [0.15, 0.2) is 0 Å². The molecule has 0 aliphatic rings. The summed E-state index contributed by atoms with van der Waals surface area (Å²) in [5.41, 5.74) is 3.98. The number of nitrogens with zero attached hydrogens (tertiary/aromatic N) is 1. The Kier molecular flexibility index (Phi) is 6.38. The minimum atomic E-state index is 0.00988. The lowest BCUT2D eigenvalue weighted by atomic mass is 10.0. The topological polar surface area (TPSA) is 52.9 Å². The molecule has 0 spiro atoms. The molecule has 0 aliphatic heterocycles. The molecule has 0 aromatic heterocycles. The van der Waals surface area contributed by atoms with Crippen LogP contribution < -0.4 is 5.32 Å². The van der Waals surface area contributed by atoms with E-state index in [-0.39, 0.29) is 5.91 Å². The number of carbonyl (C=O) groups excluding carboxylic acids is 1. The minimum absolute atomic E-state index is 0.00988. The summed E-state index contributed by atoms with van der Waals surface area (Å²) in [6.45, 7) is 2.67. The number of carbonyl (C=O) groups is 1. The van der Waals surface area contributed by atoms with Gasteiger partial charge in [0.25, 0.3) is 0 Å². The highest BCUT2D eigenvalue weighted by Crippen LogP contribution is 2.09. The second-order valence-corrected chi connectivity index (χ2v) is 5.68. The van der Waals surface area contributed by atoms with E-state index in [9.17, 15) is 4.79 Å². The molecule has 0 atom stereocenters. The summed E-state index contributed by atoms with van der Waals surface area (Å²) in [4.78, 5) is 12.0. The molecule has 1 amide bonds. The van der Waals surface area contributed by atoms with Gasteiger partial charge in [0.2, 0.25) is 5.91 Å². The predicted molar refractivity (Wildman–Crippen MR) is 91.8 cm³/mol. The quantitative estimate of drug-likeness (QED) is 0.846. The van der Waals surface area contributed by atoms with Gasteiger partial charge in [-0.15, -0.1) is 0 Å². The van der Waals surface area contributed by atoms with Crippen LogP contribution in [0.25, 0.3) is 0 Å². The van der Waals surface area contributed by atoms with Crippen molar-refractivity contribution in [1.29, 1.82) is 5.26 Å². The fourth-order valence-electron chi connectivity index (χ4n) is 2.35. The summed E-state index contributed by atoms with van der Waals surface area (Å²) >= 11 is 0. The number of unbranched alkanes of at least 4 members (excludes halogenated alkanes) is 1. The Morgan fingerprint density at radius 2 is 1.61 bits per heavy atom. The van der Waals surface area contributed by atoms with Crippen molar-refractivity contribution in [2.24, 2.45) is 0 Å². The molecule has 0 fully saturated rings. The third-order valence-electron chi connectivity index (χ3n) is 3.78. The van der Waals surface area contributed by atoms with Crippen molar-refractivity contribution in [3.8, 4) is 6.07 Å². The zero-order chi connectivity index (χ0) is 16.5. The van der Waals surface area contributed by atoms with Crippen molar-refractivity contribution in [2.75, 3.05) is 0 Å². The lowest BCUT2D eigenvalue weighted by molar-refractivity contribution is -0.120. The van der Waals surface area contributed by atoms with E-state index >= 15 is 0 Å². The maximum atomic E-state index is 12.0. The van der Waals surface area contributed by atoms with Crippen LogP contribution in [-0.2, 0) is 24.2 Å². The number of aryl methyl sites for hydroxylation is 1. The van der Waals surface area contributed by atoms with E-state index in [2.05, 4.69) is 30.4 Å². The molecule has 2 aromatic carbocycles. The average Bonchev–Trinajstić information content (AvgIpc) is 2.60. The van der Waals surface area contributed by atoms with Gasteiger partial charge in [0.05, 0.1) is 18.1 Å². The van der Waals surface area contributed by atoms with Gasteiger partial charge >= 0.3 is 0 Å². The summed E-state index contributed by atoms with van der Waals surface area (Å²) in [5.74, 6) is 0.00988. The van der Waals surface area contributed by atoms with E-state index in [1.807, 2.05) is 24.3 Å². The van der Waals surface area contributed by atoms with Crippen LogP contribution in [0, 0.1) is 11.3 Å². The molecule has 0 saturated carbocycles. The molecular formula is C20H22N2O. The highest BCUT2D eigenvalue weighted by molar-refractivity contribution is 5.78. The zero-order valence-corrected chi connectivity index (χ0v) is 13.5. The standard InChI is InChI=1S/C20H22N2O/c1-2-3-4-16-5-7-17(8-6-16)13-20(23)22-15-19-11-9-18(14-21)10-12-19/h5-12H,2-4,13,15H2,1H3,(H,22,23). The number of hydrogen-bond acceptors (Lipinski definition) is 2. The van der Waals surface area contributed by atoms with Crippen LogP contribution >= 0.6 is 0 Å². The number of hydrogen-bond donors (Lipinski definition) is 1. The molecule has 0 radical (unpaired) electrons. The average molecular weight is 306 g/mol. The summed E-state index contributed by atoms with van der Waals surface area (Å²) in [5, 5.41) is 11.7. The largest absolute Gasteiger partial charge is 0.352 e. The molecule has 0 heterocycles. The van der Waals surface area contributed by atoms with Gasteiger partial charge in [-0.1, -0.05) is 49.7 Å². The van der Waals surface area contributed by atoms with E-state index in [1.54, 1.807) is 12.1 Å². The number of rotatable bonds is 7. The first-order chi connectivity index (χ1) is 11.2. The Labute approximate surface area is 138 Å². The molecule has 2 aromatic rings. The second-order valence-electron chi connectivity index (χ2n) is 5.68. The van der Waals surface area contributed by atoms with E-state index < -0.39 is 0 Å². The van der Waals surface area contributed by atoms with Gasteiger partial charge in [0.1, 0.15) is 0 Å². The van der Waals surface area contributed by atoms with Crippen LogP contribution in [0.5, 0.6) is 0 Å². The first-order valence-electron chi connectivity index (χ1n) is 8.05. The molecule has 0 bridgehead atoms. The minimum Gasteiger partial charge on any atom is -0.352 e. The first kappa shape index (κ1) is 16.8. The van der Waals surface area contributed by atoms with Crippen molar-refractivity contribution in [3.05, 3.63) is 70.8 Å². The zero-order valence-electron chi connectivity index (χ0n) is 13.5. The Morgan fingerprint density at radius 1 is 1.00 bits per heavy atom. The van der Waals surface area contributed by atoms with E-state index in [4.69, 9.17) is 5.26 Å². The smallest absolute Gasteiger partial charge is 0.224 e. The second kappa shape index (κ2) is 8.75. The first-order valence-corrected chi connectivity index (χ1v) is 8.05. The van der Waals surface area contributed by atoms with Crippen LogP contribution in [0.4, 0.5) is 0 Å². The summed E-state index contributed by atoms with van der Waals surface area (Å²) in [7, 11) is 0. The summed E-state index contributed by atoms with van der Waals surface area (Å²) in [6, 6.07) is 17.6. The van der Waals surface area contributed by atoms with Gasteiger partial charge in [-0.05, 0) is 41.7 Å². The van der Waals surface area contributed by atoms with Crippen molar-refractivity contribution >= 4 is 5.91 Å². The van der Waals surface area contributed by atoms with Crippen LogP contribution in [0.15, 0.2) is 48.5 Å². The molecule has 1 N–H and O–H groups in total. The number of nitrogens with one attached hydrogen (secondary N) is 1. The van der Waals surface area contributed by atoms with Gasteiger partial charge in [-0.3, -0.25) is 4.79 Å². The van der Waals surface area contributed by atoms with Crippen LogP contribution in [0.2, 0.25) is 0 Å². The van der Waals surface area contributed by atoms with Gasteiger partial charge in [-0.2, -0.15) is 5.26 Å². The molecular weight excluding hydrogens is 284 g/mol. The monoisotopic (exact) mass is 306 g/mol. The number of nitriles is 1. The molecule has 3 heteroatoms. The molecule has 0 aliphatic carbocycles. The van der Waals surface area contributed by atoms with Crippen molar-refractivity contribution in [2.45, 2.75) is 39.2 Å². The van der Waals surface area contributed by atoms with Crippen LogP contribution in [-0.4, -0.2) is 5.91 Å². The molecule has 23 heavy (non-hydrogen) atoms. The lowest BCUT2D eigenvalue weighted by Gasteiger charge is -2.07.